The minimum atomic E-state index is -6.32. The Morgan fingerprint density at radius 3 is 1.74 bits per heavy atom. The van der Waals surface area contributed by atoms with Crippen molar-refractivity contribution in [3.8, 4) is 0 Å². The first kappa shape index (κ1) is 18.0. The quantitative estimate of drug-likeness (QED) is 0.449. The van der Waals surface area contributed by atoms with E-state index in [0.29, 0.717) is 0 Å². The molecule has 0 aromatic rings. The fourth-order valence-corrected chi connectivity index (χ4v) is 1.26. The van der Waals surface area contributed by atoms with Gasteiger partial charge in [-0.1, -0.05) is 0 Å². The first-order valence-electron chi connectivity index (χ1n) is 4.61. The molecule has 0 bridgehead atoms. The predicted molar refractivity (Wildman–Crippen MR) is 50.0 cm³/mol. The molecule has 2 unspecified atom stereocenters. The number of alkyl halides is 5. The Balaban J connectivity index is 5.67. The minimum Gasteiger partial charge on any atom is -0.745 e. The summed E-state index contributed by atoms with van der Waals surface area (Å²) in [6.07, 6.45) is -6.23. The highest BCUT2D eigenvalue weighted by molar-refractivity contribution is 7.86. The topological polar surface area (TPSA) is 83.5 Å². The summed E-state index contributed by atoms with van der Waals surface area (Å²) in [4.78, 5) is 11.1. The van der Waals surface area contributed by atoms with Gasteiger partial charge in [0.05, 0.1) is 5.41 Å². The van der Waals surface area contributed by atoms with Crippen LogP contribution >= 0.6 is 0 Å². The summed E-state index contributed by atoms with van der Waals surface area (Å²) in [7, 11) is -6.32. The van der Waals surface area contributed by atoms with E-state index in [-0.39, 0.29) is 0 Å². The Morgan fingerprint density at radius 1 is 1.16 bits per heavy atom. The Bertz CT molecular complexity index is 451. The number of esters is 1. The Labute approximate surface area is 105 Å². The van der Waals surface area contributed by atoms with E-state index in [2.05, 4.69) is 4.74 Å². The van der Waals surface area contributed by atoms with Crippen LogP contribution in [0.2, 0.25) is 0 Å². The fraction of sp³-hybridized carbons (Fsp3) is 0.875. The monoisotopic (exact) mass is 313 g/mol. The fourth-order valence-electron chi connectivity index (χ4n) is 0.707. The maximum absolute atomic E-state index is 13.4. The number of carbonyl (C=O) groups is 1. The minimum absolute atomic E-state index is 1.02. The van der Waals surface area contributed by atoms with E-state index in [0.717, 1.165) is 20.8 Å². The molecule has 11 heteroatoms. The zero-order valence-corrected chi connectivity index (χ0v) is 10.7. The summed E-state index contributed by atoms with van der Waals surface area (Å²) < 4.78 is 97.2. The van der Waals surface area contributed by atoms with Crippen LogP contribution in [0.5, 0.6) is 0 Å². The highest BCUT2D eigenvalue weighted by Gasteiger charge is 2.68. The standard InChI is InChI=1S/C8H11F5O5S/c1-6(2,3)5(14)18-7(10,8(11,12)13)4(9)19(15,16)17/h4H,1-3H3,(H,15,16,17)/p-1. The van der Waals surface area contributed by atoms with Crippen LogP contribution in [0, 0.1) is 5.41 Å². The molecule has 0 rings (SSSR count). The van der Waals surface area contributed by atoms with Crippen LogP contribution in [0.15, 0.2) is 0 Å². The summed E-state index contributed by atoms with van der Waals surface area (Å²) in [6, 6.07) is 0. The molecule has 0 aromatic carbocycles. The van der Waals surface area contributed by atoms with E-state index in [4.69, 9.17) is 0 Å². The molecule has 0 spiro atoms. The van der Waals surface area contributed by atoms with Gasteiger partial charge < -0.3 is 9.29 Å². The number of halogens is 5. The molecule has 0 amide bonds. The number of rotatable bonds is 3. The molecule has 0 aromatic heterocycles. The lowest BCUT2D eigenvalue weighted by atomic mass is 9.97. The van der Waals surface area contributed by atoms with E-state index in [9.17, 15) is 39.7 Å². The predicted octanol–water partition coefficient (Wildman–Crippen LogP) is 1.64. The zero-order valence-electron chi connectivity index (χ0n) is 9.92. The normalized spacial score (nSPS) is 18.6. The summed E-state index contributed by atoms with van der Waals surface area (Å²) in [6.45, 7) is 3.06. The van der Waals surface area contributed by atoms with Crippen LogP contribution in [0.1, 0.15) is 20.8 Å². The molecule has 0 radical (unpaired) electrons. The van der Waals surface area contributed by atoms with Crippen molar-refractivity contribution in [2.24, 2.45) is 5.41 Å². The summed E-state index contributed by atoms with van der Waals surface area (Å²) in [5.74, 6) is -7.42. The second kappa shape index (κ2) is 4.85. The number of ether oxygens (including phenoxy) is 1. The van der Waals surface area contributed by atoms with E-state index in [1.807, 2.05) is 0 Å². The molecule has 0 aliphatic carbocycles. The third kappa shape index (κ3) is 4.00. The van der Waals surface area contributed by atoms with Gasteiger partial charge in [-0.2, -0.15) is 17.6 Å². The second-order valence-electron chi connectivity index (χ2n) is 4.59. The SMILES string of the molecule is CC(C)(C)C(=O)OC(F)(C(F)S(=O)(=O)[O-])C(F)(F)F. The molecule has 0 N–H and O–H groups in total. The van der Waals surface area contributed by atoms with Gasteiger partial charge in [0.1, 0.15) is 10.1 Å². The molecule has 114 valence electrons. The molecule has 19 heavy (non-hydrogen) atoms. The maximum atomic E-state index is 13.4. The van der Waals surface area contributed by atoms with E-state index in [1.165, 1.54) is 0 Å². The van der Waals surface area contributed by atoms with E-state index in [1.54, 1.807) is 0 Å². The van der Waals surface area contributed by atoms with Crippen molar-refractivity contribution in [2.75, 3.05) is 0 Å². The van der Waals surface area contributed by atoms with Gasteiger partial charge in [-0.25, -0.2) is 12.8 Å². The highest BCUT2D eigenvalue weighted by Crippen LogP contribution is 2.42. The van der Waals surface area contributed by atoms with Crippen molar-refractivity contribution in [2.45, 2.75) is 38.3 Å². The van der Waals surface area contributed by atoms with Crippen molar-refractivity contribution >= 4 is 16.1 Å². The average molecular weight is 313 g/mol. The molecular formula is C8H10F5O5S-. The molecule has 0 fully saturated rings. The van der Waals surface area contributed by atoms with Gasteiger partial charge in [-0.3, -0.25) is 4.79 Å². The summed E-state index contributed by atoms with van der Waals surface area (Å²) in [5, 5.41) is 0. The molecule has 0 saturated heterocycles. The molecule has 0 aliphatic heterocycles. The highest BCUT2D eigenvalue weighted by atomic mass is 32.2. The van der Waals surface area contributed by atoms with Gasteiger partial charge in [0.25, 0.3) is 5.50 Å². The van der Waals surface area contributed by atoms with Gasteiger partial charge in [0.2, 0.25) is 0 Å². The van der Waals surface area contributed by atoms with Gasteiger partial charge >= 0.3 is 18.0 Å². The second-order valence-corrected chi connectivity index (χ2v) is 5.99. The molecule has 0 aliphatic rings. The average Bonchev–Trinajstić information content (AvgIpc) is 2.11. The molecule has 0 heterocycles. The largest absolute Gasteiger partial charge is 0.745 e. The van der Waals surface area contributed by atoms with Crippen molar-refractivity contribution in [1.29, 1.82) is 0 Å². The van der Waals surface area contributed by atoms with Gasteiger partial charge in [-0.05, 0) is 20.8 Å². The third-order valence-electron chi connectivity index (χ3n) is 1.79. The zero-order chi connectivity index (χ0) is 15.9. The molecular weight excluding hydrogens is 303 g/mol. The van der Waals surface area contributed by atoms with Crippen molar-refractivity contribution in [3.63, 3.8) is 0 Å². The first-order valence-corrected chi connectivity index (χ1v) is 6.08. The van der Waals surface area contributed by atoms with Gasteiger partial charge in [0, 0.05) is 0 Å². The van der Waals surface area contributed by atoms with Crippen LogP contribution in [-0.2, 0) is 19.6 Å². The molecule has 5 nitrogen and oxygen atoms in total. The van der Waals surface area contributed by atoms with Crippen LogP contribution in [0.25, 0.3) is 0 Å². The van der Waals surface area contributed by atoms with Crippen molar-refractivity contribution in [3.05, 3.63) is 0 Å². The van der Waals surface area contributed by atoms with Gasteiger partial charge in [-0.15, -0.1) is 0 Å². The number of hydrogen-bond donors (Lipinski definition) is 0. The van der Waals surface area contributed by atoms with Crippen molar-refractivity contribution < 1.29 is 44.5 Å². The van der Waals surface area contributed by atoms with E-state index < -0.39 is 39.0 Å². The van der Waals surface area contributed by atoms with Crippen LogP contribution in [0.3, 0.4) is 0 Å². The third-order valence-corrected chi connectivity index (χ3v) is 2.60. The maximum Gasteiger partial charge on any atom is 0.464 e. The van der Waals surface area contributed by atoms with Crippen LogP contribution in [0.4, 0.5) is 22.0 Å². The molecule has 0 saturated carbocycles. The lowest BCUT2D eigenvalue weighted by molar-refractivity contribution is -0.332. The van der Waals surface area contributed by atoms with E-state index >= 15 is 0 Å². The van der Waals surface area contributed by atoms with Gasteiger partial charge in [0.15, 0.2) is 0 Å². The summed E-state index contributed by atoms with van der Waals surface area (Å²) in [5.41, 5.74) is -6.29. The first-order chi connectivity index (χ1) is 8.03. The lowest BCUT2D eigenvalue weighted by Crippen LogP contribution is -2.56. The summed E-state index contributed by atoms with van der Waals surface area (Å²) >= 11 is 0. The smallest absolute Gasteiger partial charge is 0.464 e. The Kier molecular flexibility index (Phi) is 4.60. The number of hydrogen-bond acceptors (Lipinski definition) is 5. The van der Waals surface area contributed by atoms with Crippen molar-refractivity contribution in [1.82, 2.24) is 0 Å². The van der Waals surface area contributed by atoms with Crippen LogP contribution < -0.4 is 0 Å². The van der Waals surface area contributed by atoms with Crippen LogP contribution in [-0.4, -0.2) is 36.5 Å². The Hall–Kier alpha value is -0.970. The lowest BCUT2D eigenvalue weighted by Gasteiger charge is -2.33. The Morgan fingerprint density at radius 2 is 1.53 bits per heavy atom. The molecule has 2 atom stereocenters. The number of carbonyl (C=O) groups excluding carboxylic acids is 1.